The van der Waals surface area contributed by atoms with Crippen molar-refractivity contribution >= 4 is 23.8 Å². The lowest BCUT2D eigenvalue weighted by Crippen LogP contribution is -2.38. The van der Waals surface area contributed by atoms with Crippen molar-refractivity contribution in [3.05, 3.63) is 10.4 Å². The molecule has 0 fully saturated rings. The zero-order valence-corrected chi connectivity index (χ0v) is 10.5. The van der Waals surface area contributed by atoms with Crippen LogP contribution >= 0.6 is 11.8 Å². The second kappa shape index (κ2) is 10.5. The minimum Gasteiger partial charge on any atom is -0.480 e. The van der Waals surface area contributed by atoms with Gasteiger partial charge in [0.1, 0.15) is 6.04 Å². The van der Waals surface area contributed by atoms with Gasteiger partial charge in [-0.25, -0.2) is 4.79 Å². The summed E-state index contributed by atoms with van der Waals surface area (Å²) in [6.07, 6.45) is 0. The van der Waals surface area contributed by atoms with Crippen molar-refractivity contribution in [1.82, 2.24) is 10.6 Å². The zero-order chi connectivity index (χ0) is 13.8. The molecule has 0 spiro atoms. The van der Waals surface area contributed by atoms with Crippen LogP contribution < -0.4 is 16.4 Å². The normalized spacial score (nSPS) is 11.2. The molecular formula is C8H16N6O3S. The van der Waals surface area contributed by atoms with Gasteiger partial charge in [-0.3, -0.25) is 4.79 Å². The van der Waals surface area contributed by atoms with E-state index in [0.717, 1.165) is 0 Å². The minimum atomic E-state index is -1.04. The highest BCUT2D eigenvalue weighted by Gasteiger charge is 2.10. The van der Waals surface area contributed by atoms with Crippen LogP contribution in [0.4, 0.5) is 4.79 Å². The largest absolute Gasteiger partial charge is 0.480 e. The van der Waals surface area contributed by atoms with Crippen LogP contribution in [0.15, 0.2) is 5.11 Å². The summed E-state index contributed by atoms with van der Waals surface area (Å²) in [6, 6.07) is -1.24. The van der Waals surface area contributed by atoms with Crippen molar-refractivity contribution in [1.29, 1.82) is 0 Å². The average molecular weight is 276 g/mol. The number of thioether (sulfide) groups is 1. The first-order valence-corrected chi connectivity index (χ1v) is 6.32. The number of carboxylic acids is 1. The fourth-order valence-electron chi connectivity index (χ4n) is 0.845. The number of urea groups is 1. The van der Waals surface area contributed by atoms with Crippen LogP contribution in [-0.4, -0.2) is 54.3 Å². The van der Waals surface area contributed by atoms with Crippen molar-refractivity contribution in [3.8, 4) is 0 Å². The van der Waals surface area contributed by atoms with Gasteiger partial charge in [0.05, 0.1) is 0 Å². The fraction of sp³-hybridized carbons (Fsp3) is 0.750. The quantitative estimate of drug-likeness (QED) is 0.198. The van der Waals surface area contributed by atoms with Gasteiger partial charge in [-0.2, -0.15) is 11.8 Å². The first-order chi connectivity index (χ1) is 8.57. The molecule has 10 heteroatoms. The van der Waals surface area contributed by atoms with E-state index < -0.39 is 12.0 Å². The maximum Gasteiger partial charge on any atom is 0.321 e. The molecule has 0 rings (SSSR count). The Kier molecular flexibility index (Phi) is 9.55. The second-order valence-electron chi connectivity index (χ2n) is 3.16. The smallest absolute Gasteiger partial charge is 0.321 e. The van der Waals surface area contributed by atoms with Gasteiger partial charge in [-0.1, -0.05) is 5.11 Å². The maximum absolute atomic E-state index is 11.1. The van der Waals surface area contributed by atoms with Gasteiger partial charge in [0.15, 0.2) is 0 Å². The summed E-state index contributed by atoms with van der Waals surface area (Å²) in [5, 5.41) is 16.8. The van der Waals surface area contributed by atoms with E-state index in [0.29, 0.717) is 18.1 Å². The highest BCUT2D eigenvalue weighted by Crippen LogP contribution is 2.00. The number of nitrogens with two attached hydrogens (primary N) is 1. The molecule has 0 aliphatic carbocycles. The standard InChI is InChI=1S/C8H16N6O3S/c9-6(7(15)16)5-18-4-3-12-8(17)11-1-2-13-14-10/h6H,1-5,9H2,(H,15,16)(H2,11,12,17)/t6-/m0/s1. The number of hydrogen-bond acceptors (Lipinski definition) is 5. The molecule has 0 aromatic carbocycles. The van der Waals surface area contributed by atoms with Crippen LogP contribution in [0.1, 0.15) is 0 Å². The van der Waals surface area contributed by atoms with Crippen molar-refractivity contribution in [3.63, 3.8) is 0 Å². The van der Waals surface area contributed by atoms with Crippen LogP contribution in [0.25, 0.3) is 10.4 Å². The number of carbonyl (C=O) groups excluding carboxylic acids is 1. The van der Waals surface area contributed by atoms with Gasteiger partial charge in [-0.15, -0.1) is 0 Å². The Bertz CT molecular complexity index is 320. The van der Waals surface area contributed by atoms with Gasteiger partial charge >= 0.3 is 12.0 Å². The molecule has 9 nitrogen and oxygen atoms in total. The van der Waals surface area contributed by atoms with Gasteiger partial charge in [0, 0.05) is 36.1 Å². The lowest BCUT2D eigenvalue weighted by molar-refractivity contribution is -0.137. The van der Waals surface area contributed by atoms with E-state index >= 15 is 0 Å². The summed E-state index contributed by atoms with van der Waals surface area (Å²) in [5.74, 6) is -0.161. The Balaban J connectivity index is 3.40. The molecule has 0 aromatic rings. The van der Waals surface area contributed by atoms with E-state index in [1.807, 2.05) is 0 Å². The molecule has 18 heavy (non-hydrogen) atoms. The first kappa shape index (κ1) is 16.4. The molecular weight excluding hydrogens is 260 g/mol. The van der Waals surface area contributed by atoms with Gasteiger partial charge in [0.2, 0.25) is 0 Å². The third kappa shape index (κ3) is 9.58. The molecule has 1 atom stereocenters. The molecule has 0 saturated heterocycles. The first-order valence-electron chi connectivity index (χ1n) is 5.16. The Labute approximate surface area is 108 Å². The SMILES string of the molecule is [N-]=[N+]=NCCNC(=O)NCCSC[C@H](N)C(=O)O. The fourth-order valence-corrected chi connectivity index (χ4v) is 1.65. The van der Waals surface area contributed by atoms with E-state index in [2.05, 4.69) is 20.7 Å². The number of carboxylic acid groups (broad SMARTS) is 1. The molecule has 2 amide bonds. The number of aliphatic carboxylic acids is 1. The topological polar surface area (TPSA) is 153 Å². The minimum absolute atomic E-state index is 0.201. The van der Waals surface area contributed by atoms with Gasteiger partial charge < -0.3 is 21.5 Å². The summed E-state index contributed by atoms with van der Waals surface area (Å²) < 4.78 is 0. The molecule has 0 heterocycles. The predicted octanol–water partition coefficient (Wildman–Crippen LogP) is -0.259. The molecule has 0 unspecified atom stereocenters. The molecule has 0 bridgehead atoms. The number of nitrogens with one attached hydrogen (secondary N) is 2. The molecule has 0 saturated carbocycles. The number of amides is 2. The van der Waals surface area contributed by atoms with Crippen LogP contribution in [0.2, 0.25) is 0 Å². The van der Waals surface area contributed by atoms with Crippen LogP contribution in [0.5, 0.6) is 0 Å². The van der Waals surface area contributed by atoms with E-state index in [4.69, 9.17) is 16.4 Å². The maximum atomic E-state index is 11.1. The van der Waals surface area contributed by atoms with Crippen molar-refractivity contribution < 1.29 is 14.7 Å². The van der Waals surface area contributed by atoms with Crippen LogP contribution in [-0.2, 0) is 4.79 Å². The third-order valence-electron chi connectivity index (χ3n) is 1.71. The summed E-state index contributed by atoms with van der Waals surface area (Å²) in [6.45, 7) is 0.878. The highest BCUT2D eigenvalue weighted by molar-refractivity contribution is 7.99. The lowest BCUT2D eigenvalue weighted by atomic mass is 10.4. The number of azide groups is 1. The molecule has 0 aliphatic rings. The molecule has 0 radical (unpaired) electrons. The number of carbonyl (C=O) groups is 2. The van der Waals surface area contributed by atoms with E-state index in [-0.39, 0.29) is 19.1 Å². The monoisotopic (exact) mass is 276 g/mol. The van der Waals surface area contributed by atoms with Crippen molar-refractivity contribution in [2.45, 2.75) is 6.04 Å². The summed E-state index contributed by atoms with van der Waals surface area (Å²) in [7, 11) is 0. The van der Waals surface area contributed by atoms with E-state index in [1.54, 1.807) is 0 Å². The van der Waals surface area contributed by atoms with E-state index in [1.165, 1.54) is 11.8 Å². The zero-order valence-electron chi connectivity index (χ0n) is 9.70. The Morgan fingerprint density at radius 1 is 1.44 bits per heavy atom. The Hall–Kier alpha value is -1.64. The molecule has 102 valence electrons. The van der Waals surface area contributed by atoms with E-state index in [9.17, 15) is 9.59 Å². The predicted molar refractivity (Wildman–Crippen MR) is 68.4 cm³/mol. The Morgan fingerprint density at radius 2 is 2.11 bits per heavy atom. The average Bonchev–Trinajstić information content (AvgIpc) is 2.33. The molecule has 5 N–H and O–H groups in total. The van der Waals surface area contributed by atoms with Crippen LogP contribution in [0.3, 0.4) is 0 Å². The van der Waals surface area contributed by atoms with Crippen LogP contribution in [0, 0.1) is 0 Å². The van der Waals surface area contributed by atoms with Gasteiger partial charge in [0.25, 0.3) is 0 Å². The molecule has 0 aliphatic heterocycles. The van der Waals surface area contributed by atoms with Crippen molar-refractivity contribution in [2.75, 3.05) is 31.1 Å². The number of hydrogen-bond donors (Lipinski definition) is 4. The Morgan fingerprint density at radius 3 is 2.72 bits per heavy atom. The lowest BCUT2D eigenvalue weighted by Gasteiger charge is -2.07. The van der Waals surface area contributed by atoms with Gasteiger partial charge in [-0.05, 0) is 5.53 Å². The number of nitrogens with zero attached hydrogens (tertiary/aromatic N) is 3. The molecule has 0 aromatic heterocycles. The number of rotatable bonds is 9. The highest BCUT2D eigenvalue weighted by atomic mass is 32.2. The summed E-state index contributed by atoms with van der Waals surface area (Å²) in [4.78, 5) is 24.1. The summed E-state index contributed by atoms with van der Waals surface area (Å²) in [5.41, 5.74) is 13.3. The van der Waals surface area contributed by atoms with Crippen molar-refractivity contribution in [2.24, 2.45) is 10.8 Å². The summed E-state index contributed by atoms with van der Waals surface area (Å²) >= 11 is 1.35. The second-order valence-corrected chi connectivity index (χ2v) is 4.31. The third-order valence-corrected chi connectivity index (χ3v) is 2.79.